The van der Waals surface area contributed by atoms with Gasteiger partial charge < -0.3 is 15.4 Å². The van der Waals surface area contributed by atoms with Crippen molar-refractivity contribution in [3.05, 3.63) is 58.8 Å². The molecule has 6 nitrogen and oxygen atoms in total. The number of aromatic amines is 1. The van der Waals surface area contributed by atoms with Gasteiger partial charge in [0.15, 0.2) is 5.78 Å². The number of amides is 1. The molecule has 1 heterocycles. The van der Waals surface area contributed by atoms with Gasteiger partial charge in [0.2, 0.25) is 5.91 Å². The van der Waals surface area contributed by atoms with Crippen molar-refractivity contribution in [2.45, 2.75) is 58.8 Å². The van der Waals surface area contributed by atoms with Crippen LogP contribution in [0, 0.1) is 5.92 Å². The van der Waals surface area contributed by atoms with Crippen molar-refractivity contribution in [2.75, 3.05) is 6.54 Å². The molecule has 2 aromatic rings. The molecule has 170 valence electrons. The van der Waals surface area contributed by atoms with Gasteiger partial charge in [-0.1, -0.05) is 44.9 Å². The predicted octanol–water partition coefficient (Wildman–Crippen LogP) is 4.67. The van der Waals surface area contributed by atoms with E-state index >= 15 is 0 Å². The molecule has 6 heteroatoms. The molecule has 32 heavy (non-hydrogen) atoms. The fraction of sp³-hybridized carbons (Fsp3) is 0.423. The molecule has 2 unspecified atom stereocenters. The lowest BCUT2D eigenvalue weighted by molar-refractivity contribution is -0.134. The maximum atomic E-state index is 12.4. The molecule has 2 atom stereocenters. The number of nitrogens with one attached hydrogen (secondary N) is 2. The maximum absolute atomic E-state index is 12.4. The number of carboxylic acid groups (broad SMARTS) is 1. The minimum Gasteiger partial charge on any atom is -0.478 e. The summed E-state index contributed by atoms with van der Waals surface area (Å²) in [5.74, 6) is -1.54. The SMILES string of the molecule is CCCNC(=O)C(C)Cc1ccc2[nH]cc(C(CCC)C3=CC=C(C(=O)O)C(=O)C3)c2c1. The number of aromatic nitrogens is 1. The van der Waals surface area contributed by atoms with Gasteiger partial charge in [-0.15, -0.1) is 0 Å². The average molecular weight is 437 g/mol. The first-order valence-corrected chi connectivity index (χ1v) is 11.4. The third kappa shape index (κ3) is 5.18. The van der Waals surface area contributed by atoms with Crippen LogP contribution in [0.4, 0.5) is 0 Å². The molecular formula is C26H32N2O4. The Bertz CT molecular complexity index is 1080. The summed E-state index contributed by atoms with van der Waals surface area (Å²) < 4.78 is 0. The second-order valence-corrected chi connectivity index (χ2v) is 8.59. The second kappa shape index (κ2) is 10.4. The van der Waals surface area contributed by atoms with E-state index in [4.69, 9.17) is 0 Å². The summed E-state index contributed by atoms with van der Waals surface area (Å²) in [6, 6.07) is 6.22. The summed E-state index contributed by atoms with van der Waals surface area (Å²) in [4.78, 5) is 39.2. The summed E-state index contributed by atoms with van der Waals surface area (Å²) in [6.45, 7) is 6.77. The summed E-state index contributed by atoms with van der Waals surface area (Å²) in [6.07, 6.45) is 8.72. The van der Waals surface area contributed by atoms with Crippen molar-refractivity contribution in [3.8, 4) is 0 Å². The zero-order valence-electron chi connectivity index (χ0n) is 19.0. The van der Waals surface area contributed by atoms with E-state index in [2.05, 4.69) is 23.3 Å². The third-order valence-corrected chi connectivity index (χ3v) is 6.08. The van der Waals surface area contributed by atoms with Gasteiger partial charge in [0.1, 0.15) is 5.57 Å². The number of hydrogen-bond acceptors (Lipinski definition) is 3. The molecule has 0 saturated heterocycles. The topological polar surface area (TPSA) is 99.3 Å². The van der Waals surface area contributed by atoms with Crippen molar-refractivity contribution in [2.24, 2.45) is 5.92 Å². The fourth-order valence-corrected chi connectivity index (χ4v) is 4.36. The molecule has 1 amide bonds. The number of hydrogen-bond donors (Lipinski definition) is 3. The predicted molar refractivity (Wildman–Crippen MR) is 126 cm³/mol. The van der Waals surface area contributed by atoms with E-state index in [-0.39, 0.29) is 35.5 Å². The molecule has 1 aliphatic rings. The molecule has 1 aromatic heterocycles. The van der Waals surface area contributed by atoms with E-state index in [1.54, 1.807) is 6.08 Å². The largest absolute Gasteiger partial charge is 0.478 e. The van der Waals surface area contributed by atoms with Gasteiger partial charge in [0.05, 0.1) is 0 Å². The quantitative estimate of drug-likeness (QED) is 0.471. The molecule has 0 bridgehead atoms. The van der Waals surface area contributed by atoms with E-state index in [1.165, 1.54) is 6.08 Å². The normalized spacial score (nSPS) is 15.8. The molecule has 1 aromatic carbocycles. The van der Waals surface area contributed by atoms with E-state index < -0.39 is 5.97 Å². The Labute approximate surface area is 188 Å². The van der Waals surface area contributed by atoms with Crippen LogP contribution in [0.15, 0.2) is 47.7 Å². The third-order valence-electron chi connectivity index (χ3n) is 6.08. The van der Waals surface area contributed by atoms with Gasteiger partial charge >= 0.3 is 5.97 Å². The number of H-pyrrole nitrogens is 1. The molecule has 0 aliphatic heterocycles. The summed E-state index contributed by atoms with van der Waals surface area (Å²) in [7, 11) is 0. The number of carbonyl (C=O) groups excluding carboxylic acids is 2. The Morgan fingerprint density at radius 1 is 1.19 bits per heavy atom. The number of allylic oxidation sites excluding steroid dienone is 3. The summed E-state index contributed by atoms with van der Waals surface area (Å²) >= 11 is 0. The number of fused-ring (bicyclic) bond motifs is 1. The minimum absolute atomic E-state index is 0.0322. The highest BCUT2D eigenvalue weighted by Crippen LogP contribution is 2.38. The first-order chi connectivity index (χ1) is 15.3. The molecular weight excluding hydrogens is 404 g/mol. The Kier molecular flexibility index (Phi) is 7.67. The Morgan fingerprint density at radius 2 is 1.97 bits per heavy atom. The highest BCUT2D eigenvalue weighted by molar-refractivity contribution is 6.18. The van der Waals surface area contributed by atoms with Crippen LogP contribution in [0.25, 0.3) is 10.9 Å². The van der Waals surface area contributed by atoms with Crippen LogP contribution < -0.4 is 5.32 Å². The molecule has 1 aliphatic carbocycles. The average Bonchev–Trinajstić information content (AvgIpc) is 3.18. The molecule has 0 radical (unpaired) electrons. The maximum Gasteiger partial charge on any atom is 0.339 e. The molecule has 3 rings (SSSR count). The summed E-state index contributed by atoms with van der Waals surface area (Å²) in [5.41, 5.74) is 4.01. The van der Waals surface area contributed by atoms with Crippen molar-refractivity contribution >= 4 is 28.6 Å². The second-order valence-electron chi connectivity index (χ2n) is 8.59. The Balaban J connectivity index is 1.91. The van der Waals surface area contributed by atoms with Crippen molar-refractivity contribution in [1.29, 1.82) is 0 Å². The van der Waals surface area contributed by atoms with Crippen molar-refractivity contribution in [3.63, 3.8) is 0 Å². The molecule has 0 spiro atoms. The number of Topliss-reactive ketones (excluding diaryl/α,β-unsaturated/α-hetero) is 1. The number of ketones is 1. The van der Waals surface area contributed by atoms with Crippen molar-refractivity contribution in [1.82, 2.24) is 10.3 Å². The molecule has 3 N–H and O–H groups in total. The van der Waals surface area contributed by atoms with E-state index in [0.29, 0.717) is 13.0 Å². The number of rotatable bonds is 10. The lowest BCUT2D eigenvalue weighted by Gasteiger charge is -2.22. The molecule has 0 fully saturated rings. The number of aliphatic carboxylic acids is 1. The van der Waals surface area contributed by atoms with Gasteiger partial charge in [-0.25, -0.2) is 4.79 Å². The lowest BCUT2D eigenvalue weighted by atomic mass is 9.81. The van der Waals surface area contributed by atoms with Crippen LogP contribution in [0.3, 0.4) is 0 Å². The number of benzene rings is 1. The minimum atomic E-state index is -1.17. The van der Waals surface area contributed by atoms with E-state index in [9.17, 15) is 19.5 Å². The van der Waals surface area contributed by atoms with Crippen LogP contribution in [-0.2, 0) is 20.8 Å². The highest BCUT2D eigenvalue weighted by Gasteiger charge is 2.27. The van der Waals surface area contributed by atoms with Crippen LogP contribution in [-0.4, -0.2) is 34.3 Å². The van der Waals surface area contributed by atoms with Crippen LogP contribution >= 0.6 is 0 Å². The smallest absolute Gasteiger partial charge is 0.339 e. The Morgan fingerprint density at radius 3 is 2.62 bits per heavy atom. The van der Waals surface area contributed by atoms with Crippen LogP contribution in [0.5, 0.6) is 0 Å². The number of carboxylic acids is 1. The van der Waals surface area contributed by atoms with Crippen LogP contribution in [0.2, 0.25) is 0 Å². The first kappa shape index (κ1) is 23.5. The zero-order valence-corrected chi connectivity index (χ0v) is 19.0. The lowest BCUT2D eigenvalue weighted by Crippen LogP contribution is -2.30. The van der Waals surface area contributed by atoms with Gasteiger partial charge in [0.25, 0.3) is 0 Å². The van der Waals surface area contributed by atoms with Crippen LogP contribution in [0.1, 0.15) is 63.5 Å². The first-order valence-electron chi connectivity index (χ1n) is 11.4. The van der Waals surface area contributed by atoms with Gasteiger partial charge in [-0.05, 0) is 48.6 Å². The van der Waals surface area contributed by atoms with Crippen molar-refractivity contribution < 1.29 is 19.5 Å². The zero-order chi connectivity index (χ0) is 23.3. The fourth-order valence-electron chi connectivity index (χ4n) is 4.36. The van der Waals surface area contributed by atoms with Gasteiger partial charge in [-0.2, -0.15) is 0 Å². The standard InChI is InChI=1S/C26H32N2O4/c1-4-6-19(18-8-9-20(26(31)32)24(29)14-18)22-15-28-23-10-7-17(13-21(22)23)12-16(3)25(30)27-11-5-2/h7-10,13,15-16,19,28H,4-6,11-12,14H2,1-3H3,(H,27,30)(H,31,32). The monoisotopic (exact) mass is 436 g/mol. The van der Waals surface area contributed by atoms with E-state index in [0.717, 1.165) is 46.9 Å². The van der Waals surface area contributed by atoms with E-state index in [1.807, 2.05) is 32.2 Å². The molecule has 0 saturated carbocycles. The van der Waals surface area contributed by atoms with Gasteiger partial charge in [-0.3, -0.25) is 9.59 Å². The number of carbonyl (C=O) groups is 3. The van der Waals surface area contributed by atoms with Gasteiger partial charge in [0, 0.05) is 41.9 Å². The Hall–Kier alpha value is -3.15. The summed E-state index contributed by atoms with van der Waals surface area (Å²) in [5, 5.41) is 13.2. The highest BCUT2D eigenvalue weighted by atomic mass is 16.4.